The summed E-state index contributed by atoms with van der Waals surface area (Å²) >= 11 is 1.17. The van der Waals surface area contributed by atoms with E-state index >= 15 is 0 Å². The van der Waals surface area contributed by atoms with E-state index in [1.807, 2.05) is 0 Å². The van der Waals surface area contributed by atoms with Crippen LogP contribution in [0.4, 0.5) is 4.39 Å². The summed E-state index contributed by atoms with van der Waals surface area (Å²) in [5, 5.41) is 17.5. The van der Waals surface area contributed by atoms with E-state index in [0.717, 1.165) is 16.4 Å². The lowest BCUT2D eigenvalue weighted by atomic mass is 10.2. The maximum absolute atomic E-state index is 13.6. The molecule has 0 saturated carbocycles. The third-order valence-electron chi connectivity index (χ3n) is 3.09. The van der Waals surface area contributed by atoms with Crippen LogP contribution in [0.1, 0.15) is 12.5 Å². The number of hydrogen-bond acceptors (Lipinski definition) is 5. The van der Waals surface area contributed by atoms with Crippen LogP contribution in [-0.2, 0) is 14.8 Å². The molecule has 6 nitrogen and oxygen atoms in total. The summed E-state index contributed by atoms with van der Waals surface area (Å²) in [5.41, 5.74) is -0.606. The molecule has 2 atom stereocenters. The summed E-state index contributed by atoms with van der Waals surface area (Å²) in [4.78, 5) is 10.7. The number of rotatable bonds is 3. The molecule has 0 amide bonds. The minimum Gasteiger partial charge on any atom is -0.480 e. The zero-order valence-corrected chi connectivity index (χ0v) is 12.5. The smallest absolute Gasteiger partial charge is 0.322 e. The Kier molecular flexibility index (Phi) is 4.22. The van der Waals surface area contributed by atoms with Crippen LogP contribution < -0.4 is 0 Å². The average Bonchev–Trinajstić information content (AvgIpc) is 2.81. The highest BCUT2D eigenvalue weighted by Gasteiger charge is 2.45. The number of aliphatic carboxylic acids is 1. The van der Waals surface area contributed by atoms with Crippen LogP contribution in [0.15, 0.2) is 23.1 Å². The molecule has 0 aliphatic carbocycles. The normalized spacial score (nSPS) is 22.9. The molecule has 1 aromatic carbocycles. The number of sulfonamides is 1. The van der Waals surface area contributed by atoms with Crippen molar-refractivity contribution in [2.75, 3.05) is 5.75 Å². The Labute approximate surface area is 125 Å². The maximum Gasteiger partial charge on any atom is 0.322 e. The van der Waals surface area contributed by atoms with Gasteiger partial charge in [-0.25, -0.2) is 12.8 Å². The third kappa shape index (κ3) is 2.62. The fourth-order valence-electron chi connectivity index (χ4n) is 2.12. The number of carbonyl (C=O) groups is 1. The summed E-state index contributed by atoms with van der Waals surface area (Å²) in [5.74, 6) is -2.12. The van der Waals surface area contributed by atoms with Crippen molar-refractivity contribution >= 4 is 27.8 Å². The molecule has 0 bridgehead atoms. The Balaban J connectivity index is 2.60. The van der Waals surface area contributed by atoms with E-state index in [1.54, 1.807) is 6.92 Å². The topological polar surface area (TPSA) is 98.5 Å². The maximum atomic E-state index is 13.6. The molecule has 2 rings (SSSR count). The zero-order valence-electron chi connectivity index (χ0n) is 10.9. The minimum absolute atomic E-state index is 0.104. The molecule has 112 valence electrons. The standard InChI is InChI=1S/C12H11FN2O4S2/c1-7-15(10(6-20-7)12(16)17)21(18,19)11-4-2-3-9(13)8(11)5-14/h2-4,7,10H,6H2,1H3,(H,16,17). The van der Waals surface area contributed by atoms with Gasteiger partial charge in [-0.2, -0.15) is 9.57 Å². The van der Waals surface area contributed by atoms with Crippen molar-refractivity contribution in [3.63, 3.8) is 0 Å². The lowest BCUT2D eigenvalue weighted by Crippen LogP contribution is -2.44. The summed E-state index contributed by atoms with van der Waals surface area (Å²) in [6.07, 6.45) is 0. The molecule has 9 heteroatoms. The zero-order chi connectivity index (χ0) is 15.8. The molecule has 0 spiro atoms. The monoisotopic (exact) mass is 330 g/mol. The van der Waals surface area contributed by atoms with E-state index in [2.05, 4.69) is 0 Å². The molecule has 2 unspecified atom stereocenters. The molecule has 1 fully saturated rings. The fourth-order valence-corrected chi connectivity index (χ4v) is 5.56. The molecule has 1 N–H and O–H groups in total. The molecule has 1 heterocycles. The first kappa shape index (κ1) is 15.8. The van der Waals surface area contributed by atoms with Gasteiger partial charge in [-0.3, -0.25) is 4.79 Å². The van der Waals surface area contributed by atoms with Gasteiger partial charge in [-0.15, -0.1) is 11.8 Å². The lowest BCUT2D eigenvalue weighted by Gasteiger charge is -2.24. The summed E-state index contributed by atoms with van der Waals surface area (Å²) in [6.45, 7) is 1.55. The Morgan fingerprint density at radius 1 is 1.57 bits per heavy atom. The largest absolute Gasteiger partial charge is 0.480 e. The van der Waals surface area contributed by atoms with Crippen molar-refractivity contribution in [2.24, 2.45) is 0 Å². The quantitative estimate of drug-likeness (QED) is 0.895. The molecule has 1 aliphatic heterocycles. The average molecular weight is 330 g/mol. The molecule has 21 heavy (non-hydrogen) atoms. The Morgan fingerprint density at radius 3 is 2.81 bits per heavy atom. The minimum atomic E-state index is -4.28. The molecule has 0 radical (unpaired) electrons. The van der Waals surface area contributed by atoms with Gasteiger partial charge in [0.05, 0.1) is 5.37 Å². The summed E-state index contributed by atoms with van der Waals surface area (Å²) < 4.78 is 39.7. The van der Waals surface area contributed by atoms with Crippen LogP contribution in [0.5, 0.6) is 0 Å². The Bertz CT molecular complexity index is 729. The van der Waals surface area contributed by atoms with Gasteiger partial charge in [0.1, 0.15) is 28.4 Å². The predicted octanol–water partition coefficient (Wildman–Crippen LogP) is 1.23. The molecule has 0 aromatic heterocycles. The van der Waals surface area contributed by atoms with E-state index in [9.17, 15) is 17.6 Å². The molecular formula is C12H11FN2O4S2. The van der Waals surface area contributed by atoms with Gasteiger partial charge >= 0.3 is 5.97 Å². The number of carboxylic acids is 1. The van der Waals surface area contributed by atoms with Crippen molar-refractivity contribution in [1.29, 1.82) is 5.26 Å². The SMILES string of the molecule is CC1SCC(C(=O)O)N1S(=O)(=O)c1cccc(F)c1C#N. The molecular weight excluding hydrogens is 319 g/mol. The number of benzene rings is 1. The Hall–Kier alpha value is -1.63. The molecule has 1 aromatic rings. The second-order valence-electron chi connectivity index (χ2n) is 4.35. The van der Waals surface area contributed by atoms with E-state index in [1.165, 1.54) is 23.9 Å². The van der Waals surface area contributed by atoms with Crippen LogP contribution in [0.2, 0.25) is 0 Å². The fraction of sp³-hybridized carbons (Fsp3) is 0.333. The van der Waals surface area contributed by atoms with E-state index in [4.69, 9.17) is 10.4 Å². The predicted molar refractivity (Wildman–Crippen MR) is 73.5 cm³/mol. The van der Waals surface area contributed by atoms with E-state index < -0.39 is 43.7 Å². The number of thioether (sulfide) groups is 1. The van der Waals surface area contributed by atoms with E-state index in [0.29, 0.717) is 0 Å². The van der Waals surface area contributed by atoms with Gasteiger partial charge in [0, 0.05) is 5.75 Å². The van der Waals surface area contributed by atoms with Gasteiger partial charge < -0.3 is 5.11 Å². The highest BCUT2D eigenvalue weighted by molar-refractivity contribution is 8.01. The highest BCUT2D eigenvalue weighted by atomic mass is 32.2. The lowest BCUT2D eigenvalue weighted by molar-refractivity contribution is -0.140. The van der Waals surface area contributed by atoms with Crippen LogP contribution >= 0.6 is 11.8 Å². The second kappa shape index (κ2) is 5.63. The van der Waals surface area contributed by atoms with Gasteiger partial charge in [-0.1, -0.05) is 6.07 Å². The van der Waals surface area contributed by atoms with Crippen molar-refractivity contribution < 1.29 is 22.7 Å². The summed E-state index contributed by atoms with van der Waals surface area (Å²) in [7, 11) is -4.28. The highest BCUT2D eigenvalue weighted by Crippen LogP contribution is 2.35. The van der Waals surface area contributed by atoms with Crippen LogP contribution in [0.3, 0.4) is 0 Å². The van der Waals surface area contributed by atoms with Gasteiger partial charge in [0.15, 0.2) is 0 Å². The third-order valence-corrected chi connectivity index (χ3v) is 6.46. The first-order chi connectivity index (χ1) is 9.80. The molecule has 1 saturated heterocycles. The van der Waals surface area contributed by atoms with Crippen LogP contribution in [0.25, 0.3) is 0 Å². The number of hydrogen-bond donors (Lipinski definition) is 1. The van der Waals surface area contributed by atoms with E-state index in [-0.39, 0.29) is 5.75 Å². The van der Waals surface area contributed by atoms with Crippen molar-refractivity contribution in [1.82, 2.24) is 4.31 Å². The van der Waals surface area contributed by atoms with Crippen LogP contribution in [0, 0.1) is 17.1 Å². The Morgan fingerprint density at radius 2 is 2.24 bits per heavy atom. The van der Waals surface area contributed by atoms with Gasteiger partial charge in [0.2, 0.25) is 10.0 Å². The van der Waals surface area contributed by atoms with Crippen molar-refractivity contribution in [3.05, 3.63) is 29.6 Å². The summed E-state index contributed by atoms with van der Waals surface area (Å²) in [6, 6.07) is 3.54. The van der Waals surface area contributed by atoms with Crippen molar-refractivity contribution in [3.8, 4) is 6.07 Å². The number of halogens is 1. The van der Waals surface area contributed by atoms with Gasteiger partial charge in [-0.05, 0) is 19.1 Å². The van der Waals surface area contributed by atoms with Crippen molar-refractivity contribution in [2.45, 2.75) is 23.2 Å². The van der Waals surface area contributed by atoms with Crippen LogP contribution in [-0.4, -0.2) is 41.0 Å². The molecule has 1 aliphatic rings. The number of nitriles is 1. The first-order valence-electron chi connectivity index (χ1n) is 5.87. The number of nitrogens with zero attached hydrogens (tertiary/aromatic N) is 2. The second-order valence-corrected chi connectivity index (χ2v) is 7.51. The number of carboxylic acid groups (broad SMARTS) is 1. The van der Waals surface area contributed by atoms with Gasteiger partial charge in [0.25, 0.3) is 0 Å². The first-order valence-corrected chi connectivity index (χ1v) is 8.36.